The number of nitrogens with zero attached hydrogens (tertiary/aromatic N) is 2. The Morgan fingerprint density at radius 1 is 0.684 bits per heavy atom. The molecule has 38 heavy (non-hydrogen) atoms. The molecule has 1 aliphatic carbocycles. The van der Waals surface area contributed by atoms with Gasteiger partial charge in [-0.25, -0.2) is 5.43 Å². The lowest BCUT2D eigenvalue weighted by molar-refractivity contribution is 1.00. The van der Waals surface area contributed by atoms with Crippen LogP contribution in [-0.4, -0.2) is 17.4 Å². The zero-order chi connectivity index (χ0) is 26.6. The van der Waals surface area contributed by atoms with Crippen LogP contribution in [0.15, 0.2) is 95.1 Å². The molecule has 0 amide bonds. The number of benzene rings is 4. The molecule has 0 saturated heterocycles. The maximum atomic E-state index is 8.11. The smallest absolute Gasteiger partial charge is 0.213 e. The Morgan fingerprint density at radius 2 is 1.18 bits per heavy atom. The van der Waals surface area contributed by atoms with Crippen molar-refractivity contribution in [2.24, 2.45) is 10.2 Å². The van der Waals surface area contributed by atoms with Crippen LogP contribution in [0.5, 0.6) is 0 Å². The third-order valence-electron chi connectivity index (χ3n) is 6.36. The fraction of sp³-hybridized carbons (Fsp3) is 0.100. The van der Waals surface area contributed by atoms with E-state index in [4.69, 9.17) is 28.6 Å². The van der Waals surface area contributed by atoms with Crippen LogP contribution in [0.25, 0.3) is 11.1 Å². The molecular weight excluding hydrogens is 515 g/mol. The molecule has 4 N–H and O–H groups in total. The zero-order valence-corrected chi connectivity index (χ0v) is 22.5. The highest BCUT2D eigenvalue weighted by Crippen LogP contribution is 2.37. The molecule has 4 aromatic carbocycles. The van der Waals surface area contributed by atoms with Gasteiger partial charge < -0.3 is 5.32 Å². The predicted molar refractivity (Wildman–Crippen MR) is 160 cm³/mol. The maximum absolute atomic E-state index is 8.11. The van der Waals surface area contributed by atoms with E-state index in [9.17, 15) is 0 Å². The van der Waals surface area contributed by atoms with Gasteiger partial charge in [0.05, 0.1) is 17.1 Å². The second-order valence-corrected chi connectivity index (χ2v) is 9.93. The van der Waals surface area contributed by atoms with Gasteiger partial charge in [0.1, 0.15) is 0 Å². The Bertz CT molecular complexity index is 1560. The fourth-order valence-corrected chi connectivity index (χ4v) is 4.56. The van der Waals surface area contributed by atoms with Crippen LogP contribution in [0.4, 0.5) is 11.4 Å². The van der Waals surface area contributed by atoms with E-state index in [0.717, 1.165) is 40.3 Å². The van der Waals surface area contributed by atoms with Gasteiger partial charge in [-0.15, -0.1) is 0 Å². The highest BCUT2D eigenvalue weighted by Gasteiger charge is 2.20. The molecule has 0 aromatic heterocycles. The quantitative estimate of drug-likeness (QED) is 0.101. The SMILES string of the molecule is C/C(=N/NC(=N)Nc1ccc(Cl)cc1)c1ccc2c(c1)Cc1cc(/C(C)=N\Nc3ccc(Cl)cc3)ccc1-2. The van der Waals surface area contributed by atoms with Crippen LogP contribution < -0.4 is 16.2 Å². The third kappa shape index (κ3) is 5.88. The Balaban J connectivity index is 1.25. The van der Waals surface area contributed by atoms with Gasteiger partial charge in [-0.1, -0.05) is 47.5 Å². The molecule has 1 aliphatic rings. The Kier molecular flexibility index (Phi) is 7.45. The molecule has 0 radical (unpaired) electrons. The minimum atomic E-state index is 0.0790. The van der Waals surface area contributed by atoms with Gasteiger partial charge in [0, 0.05) is 15.7 Å². The first kappa shape index (κ1) is 25.5. The number of hydrazone groups is 2. The normalized spacial score (nSPS) is 12.5. The molecular formula is C30H26Cl2N6. The fourth-order valence-electron chi connectivity index (χ4n) is 4.31. The molecule has 0 unspecified atom stereocenters. The van der Waals surface area contributed by atoms with E-state index in [2.05, 4.69) is 62.8 Å². The number of anilines is 2. The number of halogens is 2. The summed E-state index contributed by atoms with van der Waals surface area (Å²) in [5.74, 6) is 0.0790. The van der Waals surface area contributed by atoms with E-state index < -0.39 is 0 Å². The van der Waals surface area contributed by atoms with E-state index in [0.29, 0.717) is 10.0 Å². The molecule has 190 valence electrons. The molecule has 0 fully saturated rings. The molecule has 5 rings (SSSR count). The number of hydrogen-bond donors (Lipinski definition) is 4. The van der Waals surface area contributed by atoms with Crippen LogP contribution >= 0.6 is 23.2 Å². The van der Waals surface area contributed by atoms with E-state index in [-0.39, 0.29) is 5.96 Å². The summed E-state index contributed by atoms with van der Waals surface area (Å²) in [5, 5.41) is 21.3. The summed E-state index contributed by atoms with van der Waals surface area (Å²) >= 11 is 11.9. The molecule has 6 nitrogen and oxygen atoms in total. The van der Waals surface area contributed by atoms with E-state index in [1.165, 1.54) is 22.3 Å². The van der Waals surface area contributed by atoms with Crippen LogP contribution in [0.3, 0.4) is 0 Å². The topological polar surface area (TPSA) is 84.7 Å². The first-order valence-corrected chi connectivity index (χ1v) is 12.9. The van der Waals surface area contributed by atoms with Gasteiger partial charge in [0.25, 0.3) is 0 Å². The minimum Gasteiger partial charge on any atom is -0.325 e. The average molecular weight is 541 g/mol. The molecule has 8 heteroatoms. The predicted octanol–water partition coefficient (Wildman–Crippen LogP) is 7.76. The van der Waals surface area contributed by atoms with Gasteiger partial charge in [-0.05, 0) is 114 Å². The molecule has 0 bridgehead atoms. The first-order valence-electron chi connectivity index (χ1n) is 12.1. The van der Waals surface area contributed by atoms with E-state index in [1.807, 2.05) is 50.2 Å². The third-order valence-corrected chi connectivity index (χ3v) is 6.87. The molecule has 0 atom stereocenters. The number of nitrogens with one attached hydrogen (secondary N) is 4. The van der Waals surface area contributed by atoms with Crippen LogP contribution in [0.1, 0.15) is 36.1 Å². The largest absolute Gasteiger partial charge is 0.325 e. The highest BCUT2D eigenvalue weighted by atomic mass is 35.5. The van der Waals surface area contributed by atoms with Gasteiger partial charge in [0.2, 0.25) is 5.96 Å². The lowest BCUT2D eigenvalue weighted by Gasteiger charge is -2.09. The van der Waals surface area contributed by atoms with Crippen molar-refractivity contribution in [3.63, 3.8) is 0 Å². The molecule has 0 spiro atoms. The van der Waals surface area contributed by atoms with Crippen molar-refractivity contribution in [1.82, 2.24) is 5.43 Å². The van der Waals surface area contributed by atoms with Gasteiger partial charge in [-0.2, -0.15) is 10.2 Å². The lowest BCUT2D eigenvalue weighted by Crippen LogP contribution is -2.26. The van der Waals surface area contributed by atoms with Gasteiger partial charge in [0.15, 0.2) is 0 Å². The van der Waals surface area contributed by atoms with Gasteiger partial charge >= 0.3 is 0 Å². The summed E-state index contributed by atoms with van der Waals surface area (Å²) in [6.45, 7) is 3.93. The zero-order valence-electron chi connectivity index (χ0n) is 20.9. The Morgan fingerprint density at radius 3 is 1.74 bits per heavy atom. The van der Waals surface area contributed by atoms with E-state index >= 15 is 0 Å². The Labute approximate surface area is 231 Å². The lowest BCUT2D eigenvalue weighted by atomic mass is 10.0. The average Bonchev–Trinajstić information content (AvgIpc) is 3.29. The van der Waals surface area contributed by atoms with Crippen molar-refractivity contribution in [2.45, 2.75) is 20.3 Å². The monoisotopic (exact) mass is 540 g/mol. The number of guanidine groups is 1. The molecule has 0 saturated carbocycles. The first-order chi connectivity index (χ1) is 18.4. The van der Waals surface area contributed by atoms with Crippen molar-refractivity contribution in [3.05, 3.63) is 117 Å². The van der Waals surface area contributed by atoms with Crippen LogP contribution in [0, 0.1) is 5.41 Å². The summed E-state index contributed by atoms with van der Waals surface area (Å²) in [5.41, 5.74) is 16.3. The number of hydrogen-bond acceptors (Lipinski definition) is 4. The van der Waals surface area contributed by atoms with Crippen LogP contribution in [0.2, 0.25) is 10.0 Å². The van der Waals surface area contributed by atoms with Crippen molar-refractivity contribution >= 4 is 52.0 Å². The summed E-state index contributed by atoms with van der Waals surface area (Å²) in [7, 11) is 0. The molecule has 0 heterocycles. The van der Waals surface area contributed by atoms with Crippen molar-refractivity contribution in [2.75, 3.05) is 10.7 Å². The maximum Gasteiger partial charge on any atom is 0.213 e. The van der Waals surface area contributed by atoms with Gasteiger partial charge in [-0.3, -0.25) is 10.8 Å². The second kappa shape index (κ2) is 11.1. The standard InChI is InChI=1S/C30H26Cl2N6/c1-18(35-37-27-11-7-25(32)8-12-27)20-3-13-28-22(15-20)17-23-16-21(4-14-29(23)28)19(2)36-38-30(33)34-26-9-5-24(31)6-10-26/h3-16,37H,17H2,1-2H3,(H3,33,34,38)/b35-18-,36-19-. The second-order valence-electron chi connectivity index (χ2n) is 9.05. The summed E-state index contributed by atoms with van der Waals surface area (Å²) in [6.07, 6.45) is 0.846. The minimum absolute atomic E-state index is 0.0790. The van der Waals surface area contributed by atoms with E-state index in [1.54, 1.807) is 12.1 Å². The van der Waals surface area contributed by atoms with Crippen molar-refractivity contribution in [1.29, 1.82) is 5.41 Å². The Hall–Kier alpha value is -4.13. The highest BCUT2D eigenvalue weighted by molar-refractivity contribution is 6.31. The number of fused-ring (bicyclic) bond motifs is 3. The summed E-state index contributed by atoms with van der Waals surface area (Å²) in [6, 6.07) is 27.5. The van der Waals surface area contributed by atoms with Crippen molar-refractivity contribution < 1.29 is 0 Å². The molecule has 0 aliphatic heterocycles. The number of rotatable bonds is 6. The summed E-state index contributed by atoms with van der Waals surface area (Å²) in [4.78, 5) is 0. The van der Waals surface area contributed by atoms with Crippen molar-refractivity contribution in [3.8, 4) is 11.1 Å². The molecule has 4 aromatic rings. The summed E-state index contributed by atoms with van der Waals surface area (Å²) < 4.78 is 0. The van der Waals surface area contributed by atoms with Crippen LogP contribution in [-0.2, 0) is 6.42 Å².